The zero-order valence-corrected chi connectivity index (χ0v) is 16.1. The van der Waals surface area contributed by atoms with Gasteiger partial charge in [0.15, 0.2) is 0 Å². The van der Waals surface area contributed by atoms with Gasteiger partial charge in [-0.15, -0.1) is 0 Å². The first-order chi connectivity index (χ1) is 12.5. The second kappa shape index (κ2) is 8.46. The van der Waals surface area contributed by atoms with E-state index in [9.17, 15) is 9.90 Å². The van der Waals surface area contributed by atoms with Gasteiger partial charge in [-0.3, -0.25) is 14.7 Å². The molecule has 0 saturated carbocycles. The number of pyridine rings is 1. The van der Waals surface area contributed by atoms with Gasteiger partial charge in [-0.05, 0) is 69.6 Å². The molecule has 0 bridgehead atoms. The van der Waals surface area contributed by atoms with E-state index in [4.69, 9.17) is 0 Å². The molecule has 3 rings (SSSR count). The third-order valence-corrected chi connectivity index (χ3v) is 6.22. The maximum Gasteiger partial charge on any atom is 0.236 e. The molecule has 26 heavy (non-hydrogen) atoms. The van der Waals surface area contributed by atoms with Crippen LogP contribution in [0.2, 0.25) is 0 Å². The molecule has 1 amide bonds. The summed E-state index contributed by atoms with van der Waals surface area (Å²) in [5.41, 5.74) is 1.50. The van der Waals surface area contributed by atoms with Crippen LogP contribution in [0, 0.1) is 11.3 Å². The Morgan fingerprint density at radius 2 is 1.88 bits per heavy atom. The predicted molar refractivity (Wildman–Crippen MR) is 102 cm³/mol. The van der Waals surface area contributed by atoms with Crippen LogP contribution in [-0.2, 0) is 11.3 Å². The molecule has 2 aliphatic rings. The Kier molecular flexibility index (Phi) is 6.27. The van der Waals surface area contributed by atoms with Crippen LogP contribution in [-0.4, -0.2) is 84.1 Å². The minimum absolute atomic E-state index is 0.177. The highest BCUT2D eigenvalue weighted by molar-refractivity contribution is 5.78. The number of amides is 1. The van der Waals surface area contributed by atoms with Crippen molar-refractivity contribution in [2.45, 2.75) is 25.8 Å². The van der Waals surface area contributed by atoms with Gasteiger partial charge in [-0.25, -0.2) is 0 Å². The molecule has 3 heterocycles. The van der Waals surface area contributed by atoms with E-state index in [1.807, 2.05) is 36.3 Å². The van der Waals surface area contributed by atoms with Gasteiger partial charge in [0, 0.05) is 44.6 Å². The number of hydrogen-bond donors (Lipinski definition) is 1. The quantitative estimate of drug-likeness (QED) is 0.851. The third-order valence-electron chi connectivity index (χ3n) is 6.22. The van der Waals surface area contributed by atoms with Crippen LogP contribution in [0.15, 0.2) is 24.5 Å². The highest BCUT2D eigenvalue weighted by Gasteiger charge is 2.45. The monoisotopic (exact) mass is 360 g/mol. The summed E-state index contributed by atoms with van der Waals surface area (Å²) in [5.74, 6) is 0.379. The van der Waals surface area contributed by atoms with Crippen molar-refractivity contribution < 1.29 is 9.90 Å². The molecular formula is C20H32N4O2. The van der Waals surface area contributed by atoms with E-state index in [2.05, 4.69) is 22.0 Å². The summed E-state index contributed by atoms with van der Waals surface area (Å²) >= 11 is 0. The normalized spacial score (nSPS) is 23.5. The van der Waals surface area contributed by atoms with E-state index >= 15 is 0 Å². The van der Waals surface area contributed by atoms with Crippen LogP contribution in [0.25, 0.3) is 0 Å². The van der Waals surface area contributed by atoms with Gasteiger partial charge in [0.1, 0.15) is 0 Å². The number of piperidine rings is 2. The summed E-state index contributed by atoms with van der Waals surface area (Å²) in [6.45, 7) is 5.24. The first-order valence-corrected chi connectivity index (χ1v) is 9.67. The number of carbonyl (C=O) groups is 1. The number of nitrogens with zero attached hydrogens (tertiary/aromatic N) is 4. The molecule has 1 aromatic heterocycles. The van der Waals surface area contributed by atoms with E-state index in [1.54, 1.807) is 0 Å². The summed E-state index contributed by atoms with van der Waals surface area (Å²) in [5, 5.41) is 10.0. The van der Waals surface area contributed by atoms with Gasteiger partial charge in [0.25, 0.3) is 0 Å². The van der Waals surface area contributed by atoms with E-state index in [-0.39, 0.29) is 23.8 Å². The average molecular weight is 361 g/mol. The van der Waals surface area contributed by atoms with Gasteiger partial charge in [0.2, 0.25) is 5.91 Å². The zero-order chi connectivity index (χ0) is 18.6. The second-order valence-electron chi connectivity index (χ2n) is 8.20. The summed E-state index contributed by atoms with van der Waals surface area (Å²) in [7, 11) is 3.84. The summed E-state index contributed by atoms with van der Waals surface area (Å²) in [6.07, 6.45) is 6.94. The molecule has 1 N–H and O–H groups in total. The standard InChI is InChI=1S/C20H32N4O2/c1-22(2)15-19(26)24-12-7-20(18(14-24)16-25)5-10-23(11-6-20)13-17-3-8-21-9-4-17/h3-4,8-9,18,25H,5-7,10-16H2,1-2H3/t18-/m1/s1. The van der Waals surface area contributed by atoms with E-state index in [0.717, 1.165) is 45.4 Å². The van der Waals surface area contributed by atoms with Crippen molar-refractivity contribution in [2.75, 3.05) is 53.4 Å². The summed E-state index contributed by atoms with van der Waals surface area (Å²) < 4.78 is 0. The topological polar surface area (TPSA) is 59.9 Å². The fraction of sp³-hybridized carbons (Fsp3) is 0.700. The minimum atomic E-state index is 0.177. The molecule has 1 atom stereocenters. The summed E-state index contributed by atoms with van der Waals surface area (Å²) in [6, 6.07) is 4.16. The van der Waals surface area contributed by atoms with Crippen LogP contribution >= 0.6 is 0 Å². The Morgan fingerprint density at radius 3 is 2.50 bits per heavy atom. The molecule has 0 aromatic carbocycles. The van der Waals surface area contributed by atoms with Crippen molar-refractivity contribution in [3.05, 3.63) is 30.1 Å². The lowest BCUT2D eigenvalue weighted by atomic mass is 9.64. The van der Waals surface area contributed by atoms with Crippen molar-refractivity contribution in [3.63, 3.8) is 0 Å². The maximum atomic E-state index is 12.4. The third kappa shape index (κ3) is 4.42. The van der Waals surface area contributed by atoms with Crippen molar-refractivity contribution in [3.8, 4) is 0 Å². The average Bonchev–Trinajstić information content (AvgIpc) is 2.64. The molecule has 0 unspecified atom stereocenters. The molecule has 6 heteroatoms. The van der Waals surface area contributed by atoms with E-state index in [1.165, 1.54) is 5.56 Å². The molecule has 1 aromatic rings. The van der Waals surface area contributed by atoms with Gasteiger partial charge < -0.3 is 14.9 Å². The number of rotatable bonds is 5. The van der Waals surface area contributed by atoms with Crippen LogP contribution < -0.4 is 0 Å². The predicted octanol–water partition coefficient (Wildman–Crippen LogP) is 1.07. The molecule has 2 aliphatic heterocycles. The zero-order valence-electron chi connectivity index (χ0n) is 16.1. The number of aliphatic hydroxyl groups is 1. The van der Waals surface area contributed by atoms with Crippen molar-refractivity contribution in [1.82, 2.24) is 19.7 Å². The number of likely N-dealkylation sites (tertiary alicyclic amines) is 2. The molecule has 144 valence electrons. The van der Waals surface area contributed by atoms with E-state index < -0.39 is 0 Å². The SMILES string of the molecule is CN(C)CC(=O)N1CCC2(CCN(Cc3ccncc3)CC2)[C@@H](CO)C1. The Balaban J connectivity index is 1.56. The Bertz CT molecular complexity index is 585. The Morgan fingerprint density at radius 1 is 1.23 bits per heavy atom. The largest absolute Gasteiger partial charge is 0.396 e. The van der Waals surface area contributed by atoms with Gasteiger partial charge in [-0.2, -0.15) is 0 Å². The molecule has 1 spiro atoms. The first-order valence-electron chi connectivity index (χ1n) is 9.67. The molecule has 2 saturated heterocycles. The lowest BCUT2D eigenvalue weighted by Gasteiger charge is -2.51. The lowest BCUT2D eigenvalue weighted by Crippen LogP contribution is -2.55. The highest BCUT2D eigenvalue weighted by atomic mass is 16.3. The van der Waals surface area contributed by atoms with Crippen molar-refractivity contribution >= 4 is 5.91 Å². The second-order valence-corrected chi connectivity index (χ2v) is 8.20. The number of aliphatic hydroxyl groups excluding tert-OH is 1. The number of likely N-dealkylation sites (N-methyl/N-ethyl adjacent to an activating group) is 1. The van der Waals surface area contributed by atoms with Gasteiger partial charge in [-0.1, -0.05) is 0 Å². The van der Waals surface area contributed by atoms with Crippen LogP contribution in [0.1, 0.15) is 24.8 Å². The fourth-order valence-electron chi connectivity index (χ4n) is 4.52. The fourth-order valence-corrected chi connectivity index (χ4v) is 4.52. The molecule has 0 aliphatic carbocycles. The van der Waals surface area contributed by atoms with E-state index in [0.29, 0.717) is 13.1 Å². The molecule has 6 nitrogen and oxygen atoms in total. The number of aromatic nitrogens is 1. The van der Waals surface area contributed by atoms with Gasteiger partial charge >= 0.3 is 0 Å². The van der Waals surface area contributed by atoms with Crippen molar-refractivity contribution in [2.24, 2.45) is 11.3 Å². The minimum Gasteiger partial charge on any atom is -0.396 e. The van der Waals surface area contributed by atoms with Crippen molar-refractivity contribution in [1.29, 1.82) is 0 Å². The lowest BCUT2D eigenvalue weighted by molar-refractivity contribution is -0.138. The smallest absolute Gasteiger partial charge is 0.236 e. The van der Waals surface area contributed by atoms with Crippen LogP contribution in [0.3, 0.4) is 0 Å². The first kappa shape index (κ1) is 19.3. The maximum absolute atomic E-state index is 12.4. The summed E-state index contributed by atoms with van der Waals surface area (Å²) in [4.78, 5) is 22.8. The van der Waals surface area contributed by atoms with Crippen LogP contribution in [0.5, 0.6) is 0 Å². The molecule has 0 radical (unpaired) electrons. The van der Waals surface area contributed by atoms with Gasteiger partial charge in [0.05, 0.1) is 6.54 Å². The molecule has 2 fully saturated rings. The Hall–Kier alpha value is -1.50. The Labute approximate surface area is 156 Å². The van der Waals surface area contributed by atoms with Crippen LogP contribution in [0.4, 0.5) is 0 Å². The molecular weight excluding hydrogens is 328 g/mol. The number of carbonyl (C=O) groups excluding carboxylic acids is 1. The highest BCUT2D eigenvalue weighted by Crippen LogP contribution is 2.45. The number of hydrogen-bond acceptors (Lipinski definition) is 5.